The van der Waals surface area contributed by atoms with E-state index in [1.807, 2.05) is 44.2 Å². The molecule has 0 fully saturated rings. The van der Waals surface area contributed by atoms with Crippen molar-refractivity contribution >= 4 is 26.6 Å². The normalized spacial score (nSPS) is 10.7. The van der Waals surface area contributed by atoms with Crippen molar-refractivity contribution < 1.29 is 8.42 Å². The molecule has 6 heteroatoms. The fourth-order valence-corrected chi connectivity index (χ4v) is 3.04. The molecule has 0 unspecified atom stereocenters. The van der Waals surface area contributed by atoms with Crippen LogP contribution >= 0.6 is 0 Å². The van der Waals surface area contributed by atoms with E-state index in [0.29, 0.717) is 11.2 Å². The van der Waals surface area contributed by atoms with Gasteiger partial charge in [-0.1, -0.05) is 50.2 Å². The predicted octanol–water partition coefficient (Wildman–Crippen LogP) is 3.57. The van der Waals surface area contributed by atoms with Crippen LogP contribution in [0.5, 0.6) is 0 Å². The van der Waals surface area contributed by atoms with E-state index < -0.39 is 10.0 Å². The number of anilines is 1. The van der Waals surface area contributed by atoms with Crippen molar-refractivity contribution in [2.75, 3.05) is 5.43 Å². The second kappa shape index (κ2) is 7.71. The molecule has 23 heavy (non-hydrogen) atoms. The van der Waals surface area contributed by atoms with Crippen molar-refractivity contribution in [2.45, 2.75) is 18.7 Å². The van der Waals surface area contributed by atoms with Crippen LogP contribution in [0.15, 0.2) is 71.8 Å². The van der Waals surface area contributed by atoms with Crippen LogP contribution in [-0.4, -0.2) is 13.4 Å². The summed E-state index contributed by atoms with van der Waals surface area (Å²) >= 11 is 0. The largest absolute Gasteiger partial charge is 0.308 e. The summed E-state index contributed by atoms with van der Waals surface area (Å²) in [7, 11) is -3.71. The minimum Gasteiger partial charge on any atom is -0.308 e. The molecule has 0 saturated carbocycles. The minimum atomic E-state index is -3.71. The maximum Gasteiger partial charge on any atom is 0.259 e. The number of hydrogen-bond acceptors (Lipinski definition) is 4. The van der Waals surface area contributed by atoms with Gasteiger partial charge in [0.2, 0.25) is 0 Å². The number of para-hydroxylation sites is 2. The number of rotatable bonds is 4. The van der Waals surface area contributed by atoms with E-state index in [4.69, 9.17) is 0 Å². The highest BCUT2D eigenvalue weighted by molar-refractivity contribution is 7.89. The molecule has 120 valence electrons. The Bertz CT molecular complexity index is 860. The summed E-state index contributed by atoms with van der Waals surface area (Å²) in [6.07, 6.45) is 1.58. The highest BCUT2D eigenvalue weighted by Gasteiger charge is 2.17. The Balaban J connectivity index is 0.000000924. The number of fused-ring (bicyclic) bond motifs is 1. The molecule has 0 aliphatic carbocycles. The van der Waals surface area contributed by atoms with Crippen molar-refractivity contribution in [1.29, 1.82) is 0 Å². The molecular weight excluding hydrogens is 310 g/mol. The van der Waals surface area contributed by atoms with Gasteiger partial charge in [-0.25, -0.2) is 8.42 Å². The summed E-state index contributed by atoms with van der Waals surface area (Å²) in [4.78, 5) is 6.66. The van der Waals surface area contributed by atoms with E-state index in [1.54, 1.807) is 30.5 Å². The molecule has 0 amide bonds. The van der Waals surface area contributed by atoms with Gasteiger partial charge in [0.15, 0.2) is 0 Å². The molecular formula is C17H19N3O2S. The summed E-state index contributed by atoms with van der Waals surface area (Å²) < 4.78 is 24.8. The minimum absolute atomic E-state index is 0.143. The van der Waals surface area contributed by atoms with Crippen molar-refractivity contribution in [3.63, 3.8) is 0 Å². The fourth-order valence-electron chi connectivity index (χ4n) is 2.00. The maximum atomic E-state index is 12.4. The molecule has 1 aromatic heterocycles. The zero-order valence-corrected chi connectivity index (χ0v) is 13.8. The number of hydrazine groups is 1. The van der Waals surface area contributed by atoms with Crippen LogP contribution in [0.2, 0.25) is 0 Å². The topological polar surface area (TPSA) is 71.1 Å². The average Bonchev–Trinajstić information content (AvgIpc) is 2.62. The number of nitrogens with zero attached hydrogens (tertiary/aromatic N) is 1. The van der Waals surface area contributed by atoms with Crippen molar-refractivity contribution in [1.82, 2.24) is 9.82 Å². The molecule has 0 spiro atoms. The molecule has 3 aromatic rings. The first-order chi connectivity index (χ1) is 11.2. The molecule has 0 aliphatic heterocycles. The Morgan fingerprint density at radius 1 is 0.870 bits per heavy atom. The van der Waals surface area contributed by atoms with Crippen LogP contribution in [0.3, 0.4) is 0 Å². The molecule has 2 N–H and O–H groups in total. The van der Waals surface area contributed by atoms with Gasteiger partial charge in [0, 0.05) is 17.3 Å². The third-order valence-electron chi connectivity index (χ3n) is 2.99. The fraction of sp³-hybridized carbons (Fsp3) is 0.118. The molecule has 5 nitrogen and oxygen atoms in total. The molecule has 0 saturated heterocycles. The quantitative estimate of drug-likeness (QED) is 0.718. The Labute approximate surface area is 136 Å². The molecule has 0 bridgehead atoms. The predicted molar refractivity (Wildman–Crippen MR) is 93.5 cm³/mol. The number of pyridine rings is 1. The number of benzene rings is 2. The highest BCUT2D eigenvalue weighted by atomic mass is 32.2. The number of sulfonamides is 1. The summed E-state index contributed by atoms with van der Waals surface area (Å²) in [6.45, 7) is 4.00. The van der Waals surface area contributed by atoms with Crippen LogP contribution < -0.4 is 10.3 Å². The van der Waals surface area contributed by atoms with E-state index >= 15 is 0 Å². The van der Waals surface area contributed by atoms with Gasteiger partial charge in [0.25, 0.3) is 10.0 Å². The van der Waals surface area contributed by atoms with Gasteiger partial charge in [0.1, 0.15) is 4.90 Å². The van der Waals surface area contributed by atoms with Crippen molar-refractivity contribution in [3.8, 4) is 0 Å². The number of hydrogen-bond donors (Lipinski definition) is 2. The lowest BCUT2D eigenvalue weighted by atomic mass is 10.2. The molecule has 3 rings (SSSR count). The van der Waals surface area contributed by atoms with E-state index in [1.165, 1.54) is 6.07 Å². The molecule has 2 aromatic carbocycles. The zero-order chi connectivity index (χ0) is 16.7. The third-order valence-corrected chi connectivity index (χ3v) is 4.27. The van der Waals surface area contributed by atoms with Crippen molar-refractivity contribution in [3.05, 3.63) is 66.9 Å². The van der Waals surface area contributed by atoms with Crippen LogP contribution in [0.4, 0.5) is 5.69 Å². The lowest BCUT2D eigenvalue weighted by molar-refractivity contribution is 0.588. The first-order valence-electron chi connectivity index (χ1n) is 7.33. The van der Waals surface area contributed by atoms with E-state index in [9.17, 15) is 8.42 Å². The first kappa shape index (κ1) is 16.9. The third kappa shape index (κ3) is 4.06. The van der Waals surface area contributed by atoms with E-state index in [2.05, 4.69) is 15.2 Å². The molecule has 0 aliphatic rings. The van der Waals surface area contributed by atoms with E-state index in [0.717, 1.165) is 5.39 Å². The zero-order valence-electron chi connectivity index (χ0n) is 13.0. The Morgan fingerprint density at radius 2 is 1.57 bits per heavy atom. The van der Waals surface area contributed by atoms with Gasteiger partial charge >= 0.3 is 0 Å². The van der Waals surface area contributed by atoms with Gasteiger partial charge in [-0.05, 0) is 24.3 Å². The lowest BCUT2D eigenvalue weighted by Gasteiger charge is -2.10. The van der Waals surface area contributed by atoms with Gasteiger partial charge in [-0.15, -0.1) is 4.83 Å². The molecule has 1 heterocycles. The van der Waals surface area contributed by atoms with Crippen LogP contribution in [-0.2, 0) is 10.0 Å². The number of aromatic nitrogens is 1. The first-order valence-corrected chi connectivity index (χ1v) is 8.82. The summed E-state index contributed by atoms with van der Waals surface area (Å²) in [5, 5.41) is 0.778. The summed E-state index contributed by atoms with van der Waals surface area (Å²) in [6, 6.07) is 17.7. The van der Waals surface area contributed by atoms with Crippen molar-refractivity contribution in [2.24, 2.45) is 0 Å². The highest BCUT2D eigenvalue weighted by Crippen LogP contribution is 2.20. The monoisotopic (exact) mass is 329 g/mol. The Morgan fingerprint density at radius 3 is 2.30 bits per heavy atom. The SMILES string of the molecule is CC.O=S(=O)(NNc1ccccc1)c1cccc2cccnc12. The second-order valence-electron chi connectivity index (χ2n) is 4.43. The second-order valence-corrected chi connectivity index (χ2v) is 6.08. The van der Waals surface area contributed by atoms with Gasteiger partial charge in [-0.2, -0.15) is 0 Å². The smallest absolute Gasteiger partial charge is 0.259 e. The Hall–Kier alpha value is -2.44. The summed E-state index contributed by atoms with van der Waals surface area (Å²) in [5.41, 5.74) is 3.79. The molecule has 0 radical (unpaired) electrons. The average molecular weight is 329 g/mol. The van der Waals surface area contributed by atoms with Crippen LogP contribution in [0.1, 0.15) is 13.8 Å². The number of nitrogens with one attached hydrogen (secondary N) is 2. The van der Waals surface area contributed by atoms with E-state index in [-0.39, 0.29) is 4.90 Å². The van der Waals surface area contributed by atoms with Crippen LogP contribution in [0.25, 0.3) is 10.9 Å². The van der Waals surface area contributed by atoms with Gasteiger partial charge in [0.05, 0.1) is 5.52 Å². The van der Waals surface area contributed by atoms with Gasteiger partial charge < -0.3 is 5.43 Å². The summed E-state index contributed by atoms with van der Waals surface area (Å²) in [5.74, 6) is 0. The standard InChI is InChI=1S/C15H13N3O2S.C2H6/c19-21(20,18-17-13-8-2-1-3-9-13)14-10-4-6-12-7-5-11-16-15(12)14;1-2/h1-11,17-18H;1-2H3. The molecule has 0 atom stereocenters. The Kier molecular flexibility index (Phi) is 5.67. The van der Waals surface area contributed by atoms with Gasteiger partial charge in [-0.3, -0.25) is 4.98 Å². The maximum absolute atomic E-state index is 12.4. The van der Waals surface area contributed by atoms with Crippen LogP contribution in [0, 0.1) is 0 Å². The lowest BCUT2D eigenvalue weighted by Crippen LogP contribution is -2.29.